The summed E-state index contributed by atoms with van der Waals surface area (Å²) in [5, 5.41) is 0. The molecule has 1 aromatic rings. The van der Waals surface area contributed by atoms with Crippen LogP contribution in [0.3, 0.4) is 0 Å². The summed E-state index contributed by atoms with van der Waals surface area (Å²) < 4.78 is 52.8. The number of aromatic amines is 1. The number of rotatable bonds is 16. The molecule has 0 radical (unpaired) electrons. The van der Waals surface area contributed by atoms with Crippen molar-refractivity contribution in [3.8, 4) is 0 Å². The number of aromatic nitrogens is 1. The molecule has 2 atom stereocenters. The van der Waals surface area contributed by atoms with Crippen LogP contribution in [0.25, 0.3) is 6.08 Å². The Labute approximate surface area is 232 Å². The van der Waals surface area contributed by atoms with E-state index in [9.17, 15) is 27.6 Å². The molecule has 0 bridgehead atoms. The van der Waals surface area contributed by atoms with Crippen molar-refractivity contribution in [2.24, 2.45) is 5.73 Å². The van der Waals surface area contributed by atoms with E-state index in [1.807, 2.05) is 12.3 Å². The lowest BCUT2D eigenvalue weighted by molar-refractivity contribution is -0.156. The molecule has 13 heteroatoms. The van der Waals surface area contributed by atoms with Gasteiger partial charge in [-0.05, 0) is 36.5 Å². The van der Waals surface area contributed by atoms with Gasteiger partial charge < -0.3 is 34.6 Å². The van der Waals surface area contributed by atoms with Crippen molar-refractivity contribution >= 4 is 24.2 Å². The molecular weight excluding hydrogens is 533 g/mol. The van der Waals surface area contributed by atoms with Crippen molar-refractivity contribution in [3.63, 3.8) is 0 Å². The number of hydrogen-bond donors (Lipinski definition) is 2. The summed E-state index contributed by atoms with van der Waals surface area (Å²) in [6, 6.07) is -1.72. The highest BCUT2D eigenvalue weighted by Gasteiger charge is 2.33. The van der Waals surface area contributed by atoms with Gasteiger partial charge >= 0.3 is 12.1 Å². The maximum absolute atomic E-state index is 13.4. The number of hydrogen-bond acceptors (Lipinski definition) is 8. The van der Waals surface area contributed by atoms with E-state index in [1.165, 1.54) is 4.90 Å². The minimum atomic E-state index is -4.32. The Morgan fingerprint density at radius 2 is 2.02 bits per heavy atom. The number of amides is 1. The Bertz CT molecular complexity index is 993. The van der Waals surface area contributed by atoms with Gasteiger partial charge in [-0.2, -0.15) is 13.2 Å². The van der Waals surface area contributed by atoms with Gasteiger partial charge in [0.2, 0.25) is 5.91 Å². The smallest absolute Gasteiger partial charge is 0.391 e. The Kier molecular flexibility index (Phi) is 12.6. The van der Waals surface area contributed by atoms with Gasteiger partial charge in [-0.3, -0.25) is 9.69 Å². The number of esters is 1. The van der Waals surface area contributed by atoms with Crippen LogP contribution in [0.15, 0.2) is 12.3 Å². The summed E-state index contributed by atoms with van der Waals surface area (Å²) >= 11 is 0. The van der Waals surface area contributed by atoms with Crippen LogP contribution in [0, 0.1) is 0 Å². The highest BCUT2D eigenvalue weighted by atomic mass is 19.4. The number of allylic oxidation sites excluding steroid dienone is 1. The summed E-state index contributed by atoms with van der Waals surface area (Å²) in [4.78, 5) is 44.7. The molecular formula is C27H39F3N4O6. The monoisotopic (exact) mass is 572 g/mol. The first kappa shape index (κ1) is 31.8. The number of aldehydes is 1. The predicted molar refractivity (Wildman–Crippen MR) is 140 cm³/mol. The van der Waals surface area contributed by atoms with Gasteiger partial charge in [-0.25, -0.2) is 4.79 Å². The zero-order valence-corrected chi connectivity index (χ0v) is 22.6. The Hall–Kier alpha value is -2.74. The number of fused-ring (bicyclic) bond motifs is 1. The highest BCUT2D eigenvalue weighted by Crippen LogP contribution is 2.25. The normalized spacial score (nSPS) is 17.2. The maximum Gasteiger partial charge on any atom is 0.391 e. The Morgan fingerprint density at radius 3 is 2.75 bits per heavy atom. The van der Waals surface area contributed by atoms with Crippen LogP contribution in [0.4, 0.5) is 13.2 Å². The van der Waals surface area contributed by atoms with Gasteiger partial charge in [-0.1, -0.05) is 6.08 Å². The summed E-state index contributed by atoms with van der Waals surface area (Å²) in [7, 11) is 0. The van der Waals surface area contributed by atoms with E-state index in [1.54, 1.807) is 0 Å². The highest BCUT2D eigenvalue weighted by molar-refractivity contribution is 5.86. The molecule has 2 aliphatic rings. The molecule has 1 aromatic heterocycles. The molecule has 0 aromatic carbocycles. The average Bonchev–Trinajstić information content (AvgIpc) is 3.34. The van der Waals surface area contributed by atoms with Crippen LogP contribution in [-0.2, 0) is 41.4 Å². The molecule has 1 amide bonds. The van der Waals surface area contributed by atoms with Gasteiger partial charge in [0.1, 0.15) is 18.9 Å². The number of carbonyl (C=O) groups excluding carboxylic acids is 3. The topological polar surface area (TPSA) is 127 Å². The van der Waals surface area contributed by atoms with E-state index in [4.69, 9.17) is 19.9 Å². The standard InChI is InChI=1S/C27H39F3N4O6/c28-27(29,30)7-13-39-19-21(31)5-6-25(36)34(8-12-35)24(17-20-18-32-23-4-2-1-3-22(20)23)26(37)40-16-11-33-9-14-38-15-10-33/h2,4,12,18,21,24,32H,1,3,5-11,13-17,19,31H2. The van der Waals surface area contributed by atoms with E-state index in [0.717, 1.165) is 42.8 Å². The quantitative estimate of drug-likeness (QED) is 0.175. The van der Waals surface area contributed by atoms with Gasteiger partial charge in [-0.15, -0.1) is 0 Å². The van der Waals surface area contributed by atoms with Gasteiger partial charge in [0.05, 0.1) is 39.4 Å². The second kappa shape index (κ2) is 15.9. The third-order valence-electron chi connectivity index (χ3n) is 6.96. The van der Waals surface area contributed by atoms with Crippen LogP contribution in [-0.4, -0.2) is 110 Å². The van der Waals surface area contributed by atoms with Crippen molar-refractivity contribution in [2.75, 3.05) is 59.2 Å². The van der Waals surface area contributed by atoms with E-state index >= 15 is 0 Å². The average molecular weight is 573 g/mol. The molecule has 2 heterocycles. The van der Waals surface area contributed by atoms with Crippen molar-refractivity contribution in [2.45, 2.75) is 56.8 Å². The van der Waals surface area contributed by atoms with E-state index in [0.29, 0.717) is 26.0 Å². The number of alkyl halides is 3. The molecule has 1 saturated heterocycles. The number of nitrogens with two attached hydrogens (primary N) is 1. The number of carbonyl (C=O) groups is 3. The van der Waals surface area contributed by atoms with Gasteiger partial charge in [0, 0.05) is 50.4 Å². The van der Waals surface area contributed by atoms with E-state index in [-0.39, 0.29) is 39.0 Å². The SMILES string of the molecule is NC(CCC(=O)N(CC=O)C(Cc1c[nH]c2c1CCC=C2)C(=O)OCCN1CCOCC1)COCCC(F)(F)F. The van der Waals surface area contributed by atoms with E-state index in [2.05, 4.69) is 16.0 Å². The lowest BCUT2D eigenvalue weighted by Gasteiger charge is -2.30. The molecule has 2 unspecified atom stereocenters. The van der Waals surface area contributed by atoms with Crippen molar-refractivity contribution in [1.82, 2.24) is 14.8 Å². The fraction of sp³-hybridized carbons (Fsp3) is 0.667. The molecule has 3 rings (SSSR count). The van der Waals surface area contributed by atoms with Crippen LogP contribution in [0.5, 0.6) is 0 Å². The molecule has 1 aliphatic heterocycles. The fourth-order valence-corrected chi connectivity index (χ4v) is 4.73. The summed E-state index contributed by atoms with van der Waals surface area (Å²) in [5.41, 5.74) is 8.82. The molecule has 40 heavy (non-hydrogen) atoms. The first-order valence-corrected chi connectivity index (χ1v) is 13.6. The maximum atomic E-state index is 13.4. The van der Waals surface area contributed by atoms with Crippen LogP contribution in [0.1, 0.15) is 42.5 Å². The molecule has 3 N–H and O–H groups in total. The number of nitrogens with zero attached hydrogens (tertiary/aromatic N) is 2. The van der Waals surface area contributed by atoms with E-state index < -0.39 is 43.2 Å². The largest absolute Gasteiger partial charge is 0.463 e. The first-order valence-electron chi connectivity index (χ1n) is 13.6. The van der Waals surface area contributed by atoms with Crippen molar-refractivity contribution in [3.05, 3.63) is 29.1 Å². The minimum absolute atomic E-state index is 0.108. The molecule has 1 aliphatic carbocycles. The van der Waals surface area contributed by atoms with Crippen LogP contribution < -0.4 is 5.73 Å². The molecule has 1 fully saturated rings. The predicted octanol–water partition coefficient (Wildman–Crippen LogP) is 1.86. The lowest BCUT2D eigenvalue weighted by atomic mass is 9.95. The molecule has 10 nitrogen and oxygen atoms in total. The zero-order chi connectivity index (χ0) is 29.0. The van der Waals surface area contributed by atoms with Gasteiger partial charge in [0.15, 0.2) is 0 Å². The Balaban J connectivity index is 1.64. The van der Waals surface area contributed by atoms with Crippen LogP contribution >= 0.6 is 0 Å². The summed E-state index contributed by atoms with van der Waals surface area (Å²) in [6.45, 7) is 2.38. The molecule has 0 spiro atoms. The third-order valence-corrected chi connectivity index (χ3v) is 6.96. The summed E-state index contributed by atoms with van der Waals surface area (Å²) in [6.07, 6.45) is 2.81. The summed E-state index contributed by atoms with van der Waals surface area (Å²) in [5.74, 6) is -1.08. The number of ether oxygens (including phenoxy) is 3. The number of nitrogens with one attached hydrogen (secondary N) is 1. The zero-order valence-electron chi connectivity index (χ0n) is 22.6. The van der Waals surface area contributed by atoms with Gasteiger partial charge in [0.25, 0.3) is 0 Å². The first-order chi connectivity index (χ1) is 19.2. The molecule has 0 saturated carbocycles. The fourth-order valence-electron chi connectivity index (χ4n) is 4.73. The Morgan fingerprint density at radius 1 is 1.25 bits per heavy atom. The number of H-pyrrole nitrogens is 1. The minimum Gasteiger partial charge on any atom is -0.463 e. The molecule has 224 valence electrons. The number of morpholine rings is 1. The van der Waals surface area contributed by atoms with Crippen molar-refractivity contribution in [1.29, 1.82) is 0 Å². The van der Waals surface area contributed by atoms with Crippen LogP contribution in [0.2, 0.25) is 0 Å². The lowest BCUT2D eigenvalue weighted by Crippen LogP contribution is -2.49. The second-order valence-electron chi connectivity index (χ2n) is 9.94. The third kappa shape index (κ3) is 10.3. The van der Waals surface area contributed by atoms with Crippen molar-refractivity contribution < 1.29 is 41.8 Å². The second-order valence-corrected chi connectivity index (χ2v) is 9.94. The number of halogens is 3.